The normalized spacial score (nSPS) is 18.8. The number of ketones is 1. The first-order chi connectivity index (χ1) is 12.3. The van der Waals surface area contributed by atoms with Gasteiger partial charge in [-0.15, -0.1) is 0 Å². The molecule has 1 heterocycles. The first-order valence-corrected chi connectivity index (χ1v) is 8.79. The summed E-state index contributed by atoms with van der Waals surface area (Å²) >= 11 is 11.9. The third-order valence-electron chi connectivity index (χ3n) is 4.21. The zero-order valence-electron chi connectivity index (χ0n) is 14.0. The number of hydrogen-bond acceptors (Lipinski definition) is 4. The molecule has 5 nitrogen and oxygen atoms in total. The first kappa shape index (κ1) is 18.7. The van der Waals surface area contributed by atoms with Crippen LogP contribution in [0.15, 0.2) is 42.5 Å². The Hall–Kier alpha value is -2.08. The smallest absolute Gasteiger partial charge is 0.264 e. The number of ether oxygens (including phenoxy) is 1. The molecule has 1 atom stereocenters. The van der Waals surface area contributed by atoms with Crippen LogP contribution in [-0.2, 0) is 15.2 Å². The average Bonchev–Trinajstić information content (AvgIpc) is 2.78. The summed E-state index contributed by atoms with van der Waals surface area (Å²) in [5.74, 6) is -0.337. The number of para-hydroxylation sites is 1. The fourth-order valence-electron chi connectivity index (χ4n) is 3.10. The Morgan fingerprint density at radius 2 is 1.96 bits per heavy atom. The van der Waals surface area contributed by atoms with Gasteiger partial charge >= 0.3 is 0 Å². The van der Waals surface area contributed by atoms with Gasteiger partial charge < -0.3 is 14.7 Å². The molecule has 0 spiro atoms. The summed E-state index contributed by atoms with van der Waals surface area (Å²) in [6, 6.07) is 11.8. The highest BCUT2D eigenvalue weighted by molar-refractivity contribution is 6.35. The van der Waals surface area contributed by atoms with Crippen LogP contribution in [0.2, 0.25) is 10.0 Å². The van der Waals surface area contributed by atoms with Crippen LogP contribution in [0.4, 0.5) is 5.69 Å². The number of carbonyl (C=O) groups is 2. The number of carbonyl (C=O) groups excluding carboxylic acids is 2. The van der Waals surface area contributed by atoms with Crippen molar-refractivity contribution in [2.75, 3.05) is 18.1 Å². The van der Waals surface area contributed by atoms with Crippen LogP contribution in [0, 0.1) is 0 Å². The molecule has 7 heteroatoms. The molecule has 1 amide bonds. The Labute approximate surface area is 161 Å². The topological polar surface area (TPSA) is 66.8 Å². The highest BCUT2D eigenvalue weighted by atomic mass is 35.5. The van der Waals surface area contributed by atoms with Crippen molar-refractivity contribution in [1.29, 1.82) is 0 Å². The van der Waals surface area contributed by atoms with Gasteiger partial charge in [0.2, 0.25) is 0 Å². The second-order valence-electron chi connectivity index (χ2n) is 6.14. The molecule has 26 heavy (non-hydrogen) atoms. The van der Waals surface area contributed by atoms with Gasteiger partial charge in [0.25, 0.3) is 5.91 Å². The maximum atomic E-state index is 12.8. The molecule has 3 rings (SSSR count). The Morgan fingerprint density at radius 1 is 1.23 bits per heavy atom. The molecular formula is C19H17Cl2NO4. The summed E-state index contributed by atoms with van der Waals surface area (Å²) < 4.78 is 5.63. The molecule has 0 saturated carbocycles. The lowest BCUT2D eigenvalue weighted by molar-refractivity contribution is -0.141. The van der Waals surface area contributed by atoms with Gasteiger partial charge in [-0.05, 0) is 31.2 Å². The fourth-order valence-corrected chi connectivity index (χ4v) is 3.56. The number of nitrogens with zero attached hydrogens (tertiary/aromatic N) is 1. The maximum Gasteiger partial charge on any atom is 0.264 e. The van der Waals surface area contributed by atoms with Crippen LogP contribution in [0.1, 0.15) is 18.9 Å². The van der Waals surface area contributed by atoms with Gasteiger partial charge in [0, 0.05) is 17.0 Å². The lowest BCUT2D eigenvalue weighted by Crippen LogP contribution is -2.43. The predicted molar refractivity (Wildman–Crippen MR) is 99.9 cm³/mol. The summed E-state index contributed by atoms with van der Waals surface area (Å²) in [7, 11) is 0. The van der Waals surface area contributed by atoms with Crippen LogP contribution >= 0.6 is 23.2 Å². The molecule has 0 saturated heterocycles. The number of aliphatic hydroxyl groups is 1. The summed E-state index contributed by atoms with van der Waals surface area (Å²) in [5, 5.41) is 11.7. The van der Waals surface area contributed by atoms with Gasteiger partial charge in [-0.2, -0.15) is 0 Å². The predicted octanol–water partition coefficient (Wildman–Crippen LogP) is 3.59. The van der Waals surface area contributed by atoms with Gasteiger partial charge in [-0.3, -0.25) is 9.59 Å². The number of benzene rings is 2. The molecule has 0 aliphatic carbocycles. The quantitative estimate of drug-likeness (QED) is 0.814. The zero-order chi connectivity index (χ0) is 18.9. The number of fused-ring (bicyclic) bond motifs is 1. The van der Waals surface area contributed by atoms with Gasteiger partial charge in [0.15, 0.2) is 5.60 Å². The molecule has 0 radical (unpaired) electrons. The van der Waals surface area contributed by atoms with Crippen LogP contribution in [0.25, 0.3) is 0 Å². The van der Waals surface area contributed by atoms with Crippen LogP contribution in [-0.4, -0.2) is 29.9 Å². The van der Waals surface area contributed by atoms with Gasteiger partial charge in [0.1, 0.15) is 18.1 Å². The molecule has 0 fully saturated rings. The summed E-state index contributed by atoms with van der Waals surface area (Å²) in [6.07, 6.45) is -0.261. The number of halogens is 2. The van der Waals surface area contributed by atoms with E-state index in [-0.39, 0.29) is 25.4 Å². The Morgan fingerprint density at radius 3 is 2.65 bits per heavy atom. The Bertz CT molecular complexity index is 870. The molecule has 2 aromatic rings. The van der Waals surface area contributed by atoms with E-state index in [0.29, 0.717) is 27.0 Å². The molecule has 1 aliphatic heterocycles. The number of amides is 1. The maximum absolute atomic E-state index is 12.8. The Balaban J connectivity index is 1.78. The first-order valence-electron chi connectivity index (χ1n) is 8.04. The summed E-state index contributed by atoms with van der Waals surface area (Å²) in [5.41, 5.74) is -0.822. The SMILES string of the molecule is CC(=O)CC1(O)C(=O)N(CCOc2ccc(Cl)cc2Cl)c2ccccc21. The van der Waals surface area contributed by atoms with E-state index in [1.54, 1.807) is 42.5 Å². The summed E-state index contributed by atoms with van der Waals surface area (Å²) in [4.78, 5) is 25.8. The average molecular weight is 394 g/mol. The van der Waals surface area contributed by atoms with Crippen molar-refractivity contribution in [2.45, 2.75) is 18.9 Å². The molecule has 136 valence electrons. The van der Waals surface area contributed by atoms with E-state index in [1.165, 1.54) is 11.8 Å². The highest BCUT2D eigenvalue weighted by Gasteiger charge is 2.50. The lowest BCUT2D eigenvalue weighted by atomic mass is 9.90. The number of hydrogen-bond donors (Lipinski definition) is 1. The van der Waals surface area contributed by atoms with Crippen molar-refractivity contribution >= 4 is 40.6 Å². The fraction of sp³-hybridized carbons (Fsp3) is 0.263. The third kappa shape index (κ3) is 3.43. The van der Waals surface area contributed by atoms with Gasteiger partial charge in [0.05, 0.1) is 17.3 Å². The van der Waals surface area contributed by atoms with E-state index < -0.39 is 11.5 Å². The van der Waals surface area contributed by atoms with Crippen LogP contribution < -0.4 is 9.64 Å². The molecule has 1 N–H and O–H groups in total. The molecule has 1 unspecified atom stereocenters. The third-order valence-corrected chi connectivity index (χ3v) is 4.74. The highest BCUT2D eigenvalue weighted by Crippen LogP contribution is 2.42. The van der Waals surface area contributed by atoms with Crippen molar-refractivity contribution in [1.82, 2.24) is 0 Å². The van der Waals surface area contributed by atoms with E-state index in [1.807, 2.05) is 0 Å². The van der Waals surface area contributed by atoms with E-state index in [4.69, 9.17) is 27.9 Å². The van der Waals surface area contributed by atoms with Gasteiger partial charge in [-0.25, -0.2) is 0 Å². The van der Waals surface area contributed by atoms with Crippen LogP contribution in [0.5, 0.6) is 5.75 Å². The lowest BCUT2D eigenvalue weighted by Gasteiger charge is -2.22. The standard InChI is InChI=1S/C19H17Cl2NO4/c1-12(23)11-19(25)14-4-2-3-5-16(14)22(18(19)24)8-9-26-17-7-6-13(20)10-15(17)21/h2-7,10,25H,8-9,11H2,1H3. The molecule has 2 aromatic carbocycles. The summed E-state index contributed by atoms with van der Waals surface area (Å²) in [6.45, 7) is 1.72. The molecule has 1 aliphatic rings. The number of anilines is 1. The van der Waals surface area contributed by atoms with E-state index >= 15 is 0 Å². The molecular weight excluding hydrogens is 377 g/mol. The van der Waals surface area contributed by atoms with Crippen molar-refractivity contribution in [3.05, 3.63) is 58.1 Å². The largest absolute Gasteiger partial charge is 0.490 e. The molecule has 0 bridgehead atoms. The van der Waals surface area contributed by atoms with Crippen molar-refractivity contribution in [2.24, 2.45) is 0 Å². The second-order valence-corrected chi connectivity index (χ2v) is 6.98. The zero-order valence-corrected chi connectivity index (χ0v) is 15.5. The van der Waals surface area contributed by atoms with Crippen molar-refractivity contribution in [3.8, 4) is 5.75 Å². The van der Waals surface area contributed by atoms with Crippen molar-refractivity contribution < 1.29 is 19.4 Å². The molecule has 0 aromatic heterocycles. The van der Waals surface area contributed by atoms with Gasteiger partial charge in [-0.1, -0.05) is 41.4 Å². The van der Waals surface area contributed by atoms with Crippen LogP contribution in [0.3, 0.4) is 0 Å². The van der Waals surface area contributed by atoms with E-state index in [9.17, 15) is 14.7 Å². The number of rotatable bonds is 6. The number of Topliss-reactive ketones (excluding diaryl/α,β-unsaturated/α-hetero) is 1. The van der Waals surface area contributed by atoms with E-state index in [2.05, 4.69) is 0 Å². The minimum absolute atomic E-state index is 0.164. The second kappa shape index (κ2) is 7.27. The minimum atomic E-state index is -1.83. The van der Waals surface area contributed by atoms with Crippen molar-refractivity contribution in [3.63, 3.8) is 0 Å². The minimum Gasteiger partial charge on any atom is -0.490 e. The monoisotopic (exact) mass is 393 g/mol. The Kier molecular flexibility index (Phi) is 5.23. The van der Waals surface area contributed by atoms with E-state index in [0.717, 1.165) is 0 Å².